The molecule has 0 atom stereocenters. The van der Waals surface area contributed by atoms with E-state index in [9.17, 15) is 4.79 Å². The Bertz CT molecular complexity index is 667. The molecule has 1 aliphatic rings. The molecule has 2 aromatic rings. The lowest BCUT2D eigenvalue weighted by Crippen LogP contribution is -2.16. The molecular formula is C16H18O3. The molecule has 0 bridgehead atoms. The standard InChI is InChI=1S/C16H18O3/c1-10(2)18-13-8-5-9-14-15(13)11-6-3-4-7-12(11)16(17)19-14/h5,8-10H,3-4,6-7H2,1-2H3. The van der Waals surface area contributed by atoms with Crippen LogP contribution in [0.15, 0.2) is 27.4 Å². The van der Waals surface area contributed by atoms with Crippen LogP contribution >= 0.6 is 0 Å². The molecule has 0 saturated heterocycles. The Morgan fingerprint density at radius 2 is 1.89 bits per heavy atom. The molecule has 3 rings (SSSR count). The third kappa shape index (κ3) is 2.14. The Kier molecular flexibility index (Phi) is 3.05. The number of benzene rings is 1. The number of ether oxygens (including phenoxy) is 1. The normalized spacial score (nSPS) is 14.7. The van der Waals surface area contributed by atoms with Gasteiger partial charge in [-0.3, -0.25) is 0 Å². The molecule has 0 N–H and O–H groups in total. The zero-order chi connectivity index (χ0) is 13.4. The van der Waals surface area contributed by atoms with E-state index in [1.807, 2.05) is 32.0 Å². The molecule has 19 heavy (non-hydrogen) atoms. The first-order valence-electron chi connectivity index (χ1n) is 6.91. The predicted molar refractivity (Wildman–Crippen MR) is 74.9 cm³/mol. The highest BCUT2D eigenvalue weighted by Gasteiger charge is 2.20. The maximum absolute atomic E-state index is 12.0. The fourth-order valence-corrected chi connectivity index (χ4v) is 2.81. The SMILES string of the molecule is CC(C)Oc1cccc2oc(=O)c3c(c12)CCCC3. The van der Waals surface area contributed by atoms with Crippen molar-refractivity contribution >= 4 is 11.0 Å². The van der Waals surface area contributed by atoms with Gasteiger partial charge in [0.15, 0.2) is 0 Å². The van der Waals surface area contributed by atoms with E-state index in [-0.39, 0.29) is 11.7 Å². The second-order valence-electron chi connectivity index (χ2n) is 5.35. The van der Waals surface area contributed by atoms with E-state index < -0.39 is 0 Å². The van der Waals surface area contributed by atoms with Crippen LogP contribution in [0.25, 0.3) is 11.0 Å². The van der Waals surface area contributed by atoms with Gasteiger partial charge in [0.1, 0.15) is 11.3 Å². The van der Waals surface area contributed by atoms with Crippen molar-refractivity contribution in [2.45, 2.75) is 45.6 Å². The molecule has 0 radical (unpaired) electrons. The second kappa shape index (κ2) is 4.72. The van der Waals surface area contributed by atoms with Crippen LogP contribution < -0.4 is 10.4 Å². The third-order valence-corrected chi connectivity index (χ3v) is 3.57. The molecule has 0 spiro atoms. The summed E-state index contributed by atoms with van der Waals surface area (Å²) >= 11 is 0. The summed E-state index contributed by atoms with van der Waals surface area (Å²) in [4.78, 5) is 12.0. The van der Waals surface area contributed by atoms with Crippen molar-refractivity contribution < 1.29 is 9.15 Å². The van der Waals surface area contributed by atoms with Gasteiger partial charge in [-0.2, -0.15) is 0 Å². The zero-order valence-electron chi connectivity index (χ0n) is 11.4. The van der Waals surface area contributed by atoms with E-state index in [1.54, 1.807) is 0 Å². The average Bonchev–Trinajstić information content (AvgIpc) is 2.38. The molecule has 0 fully saturated rings. The van der Waals surface area contributed by atoms with E-state index in [1.165, 1.54) is 0 Å². The van der Waals surface area contributed by atoms with Gasteiger partial charge >= 0.3 is 5.63 Å². The maximum Gasteiger partial charge on any atom is 0.339 e. The number of rotatable bonds is 2. The molecule has 1 aromatic heterocycles. The van der Waals surface area contributed by atoms with Crippen LogP contribution in [0.3, 0.4) is 0 Å². The smallest absolute Gasteiger partial charge is 0.339 e. The third-order valence-electron chi connectivity index (χ3n) is 3.57. The van der Waals surface area contributed by atoms with E-state index in [2.05, 4.69) is 0 Å². The minimum absolute atomic E-state index is 0.108. The molecule has 3 heteroatoms. The van der Waals surface area contributed by atoms with Gasteiger partial charge in [-0.1, -0.05) is 6.07 Å². The van der Waals surface area contributed by atoms with Crippen molar-refractivity contribution in [3.63, 3.8) is 0 Å². The number of hydrogen-bond donors (Lipinski definition) is 0. The molecule has 1 aliphatic carbocycles. The summed E-state index contributed by atoms with van der Waals surface area (Å²) in [6, 6.07) is 5.67. The first kappa shape index (κ1) is 12.3. The quantitative estimate of drug-likeness (QED) is 0.774. The number of hydrogen-bond acceptors (Lipinski definition) is 3. The minimum Gasteiger partial charge on any atom is -0.490 e. The van der Waals surface area contributed by atoms with Gasteiger partial charge in [-0.25, -0.2) is 4.79 Å². The molecule has 1 heterocycles. The highest BCUT2D eigenvalue weighted by molar-refractivity contribution is 5.87. The van der Waals surface area contributed by atoms with Crippen molar-refractivity contribution in [3.05, 3.63) is 39.7 Å². The molecule has 1 aromatic carbocycles. The van der Waals surface area contributed by atoms with Crippen molar-refractivity contribution in [2.24, 2.45) is 0 Å². The Balaban J connectivity index is 2.31. The van der Waals surface area contributed by atoms with Gasteiger partial charge in [0.2, 0.25) is 0 Å². The molecule has 0 unspecified atom stereocenters. The van der Waals surface area contributed by atoms with Gasteiger partial charge in [0, 0.05) is 5.56 Å². The fraction of sp³-hybridized carbons (Fsp3) is 0.438. The summed E-state index contributed by atoms with van der Waals surface area (Å²) in [5.74, 6) is 0.828. The summed E-state index contributed by atoms with van der Waals surface area (Å²) in [5, 5.41) is 0.991. The van der Waals surface area contributed by atoms with Crippen molar-refractivity contribution in [1.29, 1.82) is 0 Å². The van der Waals surface area contributed by atoms with Crippen molar-refractivity contribution in [1.82, 2.24) is 0 Å². The largest absolute Gasteiger partial charge is 0.490 e. The Morgan fingerprint density at radius 1 is 1.16 bits per heavy atom. The lowest BCUT2D eigenvalue weighted by molar-refractivity contribution is 0.245. The fourth-order valence-electron chi connectivity index (χ4n) is 2.81. The molecule has 0 amide bonds. The first-order chi connectivity index (χ1) is 9.16. The molecule has 0 saturated carbocycles. The maximum atomic E-state index is 12.0. The van der Waals surface area contributed by atoms with Crippen LogP contribution in [-0.4, -0.2) is 6.10 Å². The van der Waals surface area contributed by atoms with Gasteiger partial charge in [0.25, 0.3) is 0 Å². The van der Waals surface area contributed by atoms with E-state index in [4.69, 9.17) is 9.15 Å². The van der Waals surface area contributed by atoms with Gasteiger partial charge in [0.05, 0.1) is 11.5 Å². The van der Waals surface area contributed by atoms with Crippen LogP contribution in [0.5, 0.6) is 5.75 Å². The predicted octanol–water partition coefficient (Wildman–Crippen LogP) is 3.46. The highest BCUT2D eigenvalue weighted by atomic mass is 16.5. The topological polar surface area (TPSA) is 39.4 Å². The van der Waals surface area contributed by atoms with E-state index in [0.717, 1.165) is 47.9 Å². The van der Waals surface area contributed by atoms with Gasteiger partial charge in [-0.05, 0) is 57.2 Å². The monoisotopic (exact) mass is 258 g/mol. The minimum atomic E-state index is -0.177. The Morgan fingerprint density at radius 3 is 2.63 bits per heavy atom. The first-order valence-corrected chi connectivity index (χ1v) is 6.91. The van der Waals surface area contributed by atoms with Crippen LogP contribution in [0.1, 0.15) is 37.8 Å². The summed E-state index contributed by atoms with van der Waals surface area (Å²) in [7, 11) is 0. The lowest BCUT2D eigenvalue weighted by Gasteiger charge is -2.19. The average molecular weight is 258 g/mol. The Labute approximate surface area is 112 Å². The molecule has 3 nitrogen and oxygen atoms in total. The van der Waals surface area contributed by atoms with Crippen molar-refractivity contribution in [3.8, 4) is 5.75 Å². The molecule has 0 aliphatic heterocycles. The summed E-state index contributed by atoms with van der Waals surface area (Å²) < 4.78 is 11.3. The van der Waals surface area contributed by atoms with Crippen LogP contribution in [0.4, 0.5) is 0 Å². The lowest BCUT2D eigenvalue weighted by atomic mass is 9.90. The molecule has 100 valence electrons. The Hall–Kier alpha value is -1.77. The summed E-state index contributed by atoms with van der Waals surface area (Å²) in [6.45, 7) is 4.01. The highest BCUT2D eigenvalue weighted by Crippen LogP contribution is 2.33. The van der Waals surface area contributed by atoms with Crippen LogP contribution in [0.2, 0.25) is 0 Å². The van der Waals surface area contributed by atoms with E-state index in [0.29, 0.717) is 5.58 Å². The van der Waals surface area contributed by atoms with Gasteiger partial charge in [-0.15, -0.1) is 0 Å². The van der Waals surface area contributed by atoms with E-state index >= 15 is 0 Å². The summed E-state index contributed by atoms with van der Waals surface area (Å²) in [5.41, 5.74) is 2.44. The van der Waals surface area contributed by atoms with Crippen LogP contribution in [0, 0.1) is 0 Å². The zero-order valence-corrected chi connectivity index (χ0v) is 11.4. The second-order valence-corrected chi connectivity index (χ2v) is 5.35. The van der Waals surface area contributed by atoms with Gasteiger partial charge < -0.3 is 9.15 Å². The van der Waals surface area contributed by atoms with Crippen molar-refractivity contribution in [2.75, 3.05) is 0 Å². The number of fused-ring (bicyclic) bond motifs is 3. The van der Waals surface area contributed by atoms with Crippen LogP contribution in [-0.2, 0) is 12.8 Å². The number of aryl methyl sites for hydroxylation is 1. The summed E-state index contributed by atoms with van der Waals surface area (Å²) in [6.07, 6.45) is 4.06. The molecular weight excluding hydrogens is 240 g/mol.